The fourth-order valence-electron chi connectivity index (χ4n) is 2.08. The Morgan fingerprint density at radius 2 is 2.17 bits per heavy atom. The Labute approximate surface area is 114 Å². The summed E-state index contributed by atoms with van der Waals surface area (Å²) in [6.07, 6.45) is 2.78. The van der Waals surface area contributed by atoms with Crippen molar-refractivity contribution in [2.45, 2.75) is 19.4 Å². The maximum Gasteiger partial charge on any atom is 0.0897 e. The Morgan fingerprint density at radius 1 is 1.33 bits per heavy atom. The summed E-state index contributed by atoms with van der Waals surface area (Å²) in [6, 6.07) is 8.54. The van der Waals surface area contributed by atoms with Gasteiger partial charge in [-0.3, -0.25) is 0 Å². The zero-order chi connectivity index (χ0) is 12.5. The highest BCUT2D eigenvalue weighted by molar-refractivity contribution is 7.17. The minimum absolute atomic E-state index is 0.0502. The summed E-state index contributed by atoms with van der Waals surface area (Å²) in [5, 5.41) is 4.63. The molecule has 1 atom stereocenters. The van der Waals surface area contributed by atoms with Gasteiger partial charge in [0, 0.05) is 21.8 Å². The topological polar surface area (TPSA) is 38.9 Å². The highest BCUT2D eigenvalue weighted by atomic mass is 32.1. The molecule has 2 nitrogen and oxygen atoms in total. The molecule has 0 saturated carbocycles. The monoisotopic (exact) mass is 274 g/mol. The molecule has 0 saturated heterocycles. The van der Waals surface area contributed by atoms with E-state index in [9.17, 15) is 0 Å². The minimum Gasteiger partial charge on any atom is -0.323 e. The summed E-state index contributed by atoms with van der Waals surface area (Å²) in [4.78, 5) is 5.44. The predicted molar refractivity (Wildman–Crippen MR) is 79.3 cm³/mol. The molecule has 0 amide bonds. The summed E-state index contributed by atoms with van der Waals surface area (Å²) >= 11 is 3.48. The van der Waals surface area contributed by atoms with Gasteiger partial charge in [0.05, 0.1) is 5.01 Å². The lowest BCUT2D eigenvalue weighted by Gasteiger charge is -2.07. The van der Waals surface area contributed by atoms with E-state index in [1.165, 1.54) is 20.5 Å². The molecule has 0 aliphatic carbocycles. The van der Waals surface area contributed by atoms with Crippen LogP contribution in [0.4, 0.5) is 0 Å². The fourth-order valence-corrected chi connectivity index (χ4v) is 3.84. The number of fused-ring (bicyclic) bond motifs is 1. The summed E-state index contributed by atoms with van der Waals surface area (Å²) in [5.41, 5.74) is 7.61. The van der Waals surface area contributed by atoms with E-state index in [1.807, 2.05) is 13.1 Å². The third-order valence-electron chi connectivity index (χ3n) is 3.01. The zero-order valence-electron chi connectivity index (χ0n) is 10.1. The average Bonchev–Trinajstić information content (AvgIpc) is 2.97. The summed E-state index contributed by atoms with van der Waals surface area (Å²) in [5.74, 6) is 0. The van der Waals surface area contributed by atoms with Crippen LogP contribution in [0, 0.1) is 6.92 Å². The first kappa shape index (κ1) is 11.8. The lowest BCUT2D eigenvalue weighted by molar-refractivity contribution is 0.739. The van der Waals surface area contributed by atoms with Crippen molar-refractivity contribution in [1.29, 1.82) is 0 Å². The van der Waals surface area contributed by atoms with Gasteiger partial charge in [-0.05, 0) is 35.7 Å². The number of nitrogens with two attached hydrogens (primary N) is 1. The molecule has 0 aliphatic rings. The maximum atomic E-state index is 6.27. The Bertz CT molecular complexity index is 669. The third-order valence-corrected chi connectivity index (χ3v) is 5.06. The molecular weight excluding hydrogens is 260 g/mol. The number of thiophene rings is 1. The molecule has 1 unspecified atom stereocenters. The Morgan fingerprint density at radius 3 is 2.94 bits per heavy atom. The average molecular weight is 274 g/mol. The number of thiazole rings is 1. The molecule has 0 radical (unpaired) electrons. The van der Waals surface area contributed by atoms with Crippen LogP contribution >= 0.6 is 22.7 Å². The number of rotatable bonds is 3. The molecule has 3 rings (SSSR count). The highest BCUT2D eigenvalue weighted by Gasteiger charge is 2.12. The van der Waals surface area contributed by atoms with E-state index >= 15 is 0 Å². The standard InChI is InChI=1S/C14H14N2S2/c1-9-16-7-14(18-9)12(15)6-10-8-17-13-5-3-2-4-11(10)13/h2-5,7-8,12H,6,15H2,1H3. The quantitative estimate of drug-likeness (QED) is 0.786. The van der Waals surface area contributed by atoms with Gasteiger partial charge in [-0.15, -0.1) is 22.7 Å². The van der Waals surface area contributed by atoms with Gasteiger partial charge in [-0.1, -0.05) is 18.2 Å². The number of aryl methyl sites for hydroxylation is 1. The molecule has 0 aliphatic heterocycles. The Hall–Kier alpha value is -1.23. The molecule has 2 N–H and O–H groups in total. The largest absolute Gasteiger partial charge is 0.323 e. The molecule has 0 spiro atoms. The van der Waals surface area contributed by atoms with Crippen LogP contribution in [0.3, 0.4) is 0 Å². The first-order chi connectivity index (χ1) is 8.74. The van der Waals surface area contributed by atoms with E-state index in [2.05, 4.69) is 34.6 Å². The lowest BCUT2D eigenvalue weighted by atomic mass is 10.1. The van der Waals surface area contributed by atoms with Crippen LogP contribution in [-0.4, -0.2) is 4.98 Å². The number of hydrogen-bond acceptors (Lipinski definition) is 4. The van der Waals surface area contributed by atoms with E-state index in [4.69, 9.17) is 5.73 Å². The van der Waals surface area contributed by atoms with Gasteiger partial charge in [0.15, 0.2) is 0 Å². The smallest absolute Gasteiger partial charge is 0.0897 e. The molecule has 18 heavy (non-hydrogen) atoms. The summed E-state index contributed by atoms with van der Waals surface area (Å²) in [6.45, 7) is 2.01. The Balaban J connectivity index is 1.88. The van der Waals surface area contributed by atoms with Gasteiger partial charge in [0.2, 0.25) is 0 Å². The SMILES string of the molecule is Cc1ncc(C(N)Cc2csc3ccccc23)s1. The molecule has 0 bridgehead atoms. The number of benzene rings is 1. The van der Waals surface area contributed by atoms with E-state index in [0.717, 1.165) is 11.4 Å². The minimum atomic E-state index is 0.0502. The third kappa shape index (κ3) is 2.19. The molecule has 1 aromatic carbocycles. The van der Waals surface area contributed by atoms with Crippen LogP contribution in [0.5, 0.6) is 0 Å². The van der Waals surface area contributed by atoms with Crippen LogP contribution in [-0.2, 0) is 6.42 Å². The molecule has 4 heteroatoms. The fraction of sp³-hybridized carbons (Fsp3) is 0.214. The second-order valence-electron chi connectivity index (χ2n) is 4.35. The van der Waals surface area contributed by atoms with Gasteiger partial charge in [-0.25, -0.2) is 4.98 Å². The van der Waals surface area contributed by atoms with E-state index in [1.54, 1.807) is 22.7 Å². The lowest BCUT2D eigenvalue weighted by Crippen LogP contribution is -2.11. The summed E-state index contributed by atoms with van der Waals surface area (Å²) < 4.78 is 1.33. The Kier molecular flexibility index (Phi) is 3.16. The van der Waals surface area contributed by atoms with Crippen molar-refractivity contribution in [1.82, 2.24) is 4.98 Å². The molecule has 2 aromatic heterocycles. The van der Waals surface area contributed by atoms with Gasteiger partial charge in [0.1, 0.15) is 0 Å². The van der Waals surface area contributed by atoms with Crippen LogP contribution < -0.4 is 5.73 Å². The van der Waals surface area contributed by atoms with Crippen LogP contribution in [0.1, 0.15) is 21.5 Å². The molecule has 92 valence electrons. The van der Waals surface area contributed by atoms with Crippen molar-refractivity contribution in [3.63, 3.8) is 0 Å². The predicted octanol–water partition coefficient (Wildman–Crippen LogP) is 3.91. The van der Waals surface area contributed by atoms with Gasteiger partial charge >= 0.3 is 0 Å². The first-order valence-electron chi connectivity index (χ1n) is 5.87. The first-order valence-corrected chi connectivity index (χ1v) is 7.56. The molecule has 2 heterocycles. The second kappa shape index (κ2) is 4.80. The maximum absolute atomic E-state index is 6.27. The van der Waals surface area contributed by atoms with Crippen LogP contribution in [0.25, 0.3) is 10.1 Å². The summed E-state index contributed by atoms with van der Waals surface area (Å²) in [7, 11) is 0. The van der Waals surface area contributed by atoms with Crippen LogP contribution in [0.15, 0.2) is 35.8 Å². The number of nitrogens with zero attached hydrogens (tertiary/aromatic N) is 1. The van der Waals surface area contributed by atoms with Gasteiger partial charge in [0.25, 0.3) is 0 Å². The van der Waals surface area contributed by atoms with Crippen molar-refractivity contribution >= 4 is 32.8 Å². The van der Waals surface area contributed by atoms with Crippen molar-refractivity contribution in [2.24, 2.45) is 5.73 Å². The highest BCUT2D eigenvalue weighted by Crippen LogP contribution is 2.29. The van der Waals surface area contributed by atoms with E-state index < -0.39 is 0 Å². The second-order valence-corrected chi connectivity index (χ2v) is 6.53. The van der Waals surface area contributed by atoms with Gasteiger partial charge < -0.3 is 5.73 Å². The number of hydrogen-bond donors (Lipinski definition) is 1. The van der Waals surface area contributed by atoms with E-state index in [-0.39, 0.29) is 6.04 Å². The normalized spacial score (nSPS) is 13.0. The van der Waals surface area contributed by atoms with Crippen molar-refractivity contribution < 1.29 is 0 Å². The van der Waals surface area contributed by atoms with E-state index in [0.29, 0.717) is 0 Å². The molecular formula is C14H14N2S2. The zero-order valence-corrected chi connectivity index (χ0v) is 11.7. The van der Waals surface area contributed by atoms with Crippen molar-refractivity contribution in [2.75, 3.05) is 0 Å². The molecule has 3 aromatic rings. The van der Waals surface area contributed by atoms with Crippen molar-refractivity contribution in [3.05, 3.63) is 51.3 Å². The molecule has 0 fully saturated rings. The van der Waals surface area contributed by atoms with Crippen molar-refractivity contribution in [3.8, 4) is 0 Å². The van der Waals surface area contributed by atoms with Gasteiger partial charge in [-0.2, -0.15) is 0 Å². The van der Waals surface area contributed by atoms with Crippen LogP contribution in [0.2, 0.25) is 0 Å². The number of aromatic nitrogens is 1.